The molecule has 5 nitrogen and oxygen atoms in total. The van der Waals surface area contributed by atoms with Gasteiger partial charge >= 0.3 is 0 Å². The van der Waals surface area contributed by atoms with Crippen molar-refractivity contribution in [1.82, 2.24) is 4.90 Å². The quantitative estimate of drug-likeness (QED) is 0.812. The molecule has 0 saturated carbocycles. The molecular weight excluding hydrogens is 314 g/mol. The number of likely N-dealkylation sites (N-methyl/N-ethyl adjacent to an activating group) is 1. The van der Waals surface area contributed by atoms with Crippen LogP contribution in [-0.4, -0.2) is 29.8 Å². The fourth-order valence-corrected chi connectivity index (χ4v) is 2.47. The van der Waals surface area contributed by atoms with Crippen molar-refractivity contribution in [2.45, 2.75) is 27.3 Å². The van der Waals surface area contributed by atoms with Gasteiger partial charge in [0, 0.05) is 24.8 Å². The fourth-order valence-electron chi connectivity index (χ4n) is 2.47. The number of carbonyl (C=O) groups is 2. The highest BCUT2D eigenvalue weighted by atomic mass is 16.2. The Morgan fingerprint density at radius 3 is 2.00 bits per heavy atom. The normalized spacial score (nSPS) is 10.6. The number of anilines is 2. The number of amides is 2. The summed E-state index contributed by atoms with van der Waals surface area (Å²) >= 11 is 0. The van der Waals surface area contributed by atoms with E-state index in [1.165, 1.54) is 18.1 Å². The minimum absolute atomic E-state index is 0.0544. The van der Waals surface area contributed by atoms with Gasteiger partial charge in [0.1, 0.15) is 0 Å². The number of benzene rings is 2. The van der Waals surface area contributed by atoms with E-state index in [0.717, 1.165) is 13.1 Å². The Kier molecular flexibility index (Phi) is 6.71. The monoisotopic (exact) mass is 339 g/mol. The second kappa shape index (κ2) is 8.99. The van der Waals surface area contributed by atoms with Gasteiger partial charge in [-0.15, -0.1) is 0 Å². The minimum Gasteiger partial charge on any atom is -0.326 e. The molecule has 2 amide bonds. The Balaban J connectivity index is 1.88. The highest BCUT2D eigenvalue weighted by Crippen LogP contribution is 2.14. The van der Waals surface area contributed by atoms with Crippen molar-refractivity contribution >= 4 is 23.2 Å². The lowest BCUT2D eigenvalue weighted by Gasteiger charge is -2.20. The smallest absolute Gasteiger partial charge is 0.238 e. The topological polar surface area (TPSA) is 61.4 Å². The third kappa shape index (κ3) is 6.39. The Morgan fingerprint density at radius 1 is 0.920 bits per heavy atom. The molecule has 0 atom stereocenters. The van der Waals surface area contributed by atoms with Gasteiger partial charge in [0.05, 0.1) is 6.54 Å². The lowest BCUT2D eigenvalue weighted by molar-refractivity contribution is -0.117. The van der Waals surface area contributed by atoms with E-state index in [0.29, 0.717) is 17.9 Å². The van der Waals surface area contributed by atoms with Crippen LogP contribution in [0.3, 0.4) is 0 Å². The summed E-state index contributed by atoms with van der Waals surface area (Å²) in [7, 11) is 0. The maximum absolute atomic E-state index is 12.3. The predicted octanol–water partition coefficient (Wildman–Crippen LogP) is 3.41. The Bertz CT molecular complexity index is 709. The molecule has 2 aromatic carbocycles. The summed E-state index contributed by atoms with van der Waals surface area (Å²) in [5.41, 5.74) is 3.85. The van der Waals surface area contributed by atoms with Crippen LogP contribution in [-0.2, 0) is 16.1 Å². The lowest BCUT2D eigenvalue weighted by Crippen LogP contribution is -2.32. The number of nitrogens with zero attached hydrogens (tertiary/aromatic N) is 1. The van der Waals surface area contributed by atoms with E-state index in [2.05, 4.69) is 46.7 Å². The van der Waals surface area contributed by atoms with Gasteiger partial charge in [0.25, 0.3) is 0 Å². The first-order valence-electron chi connectivity index (χ1n) is 8.41. The first-order valence-corrected chi connectivity index (χ1v) is 8.41. The van der Waals surface area contributed by atoms with Crippen LogP contribution in [0.15, 0.2) is 48.5 Å². The zero-order valence-electron chi connectivity index (χ0n) is 15.0. The van der Waals surface area contributed by atoms with Crippen molar-refractivity contribution in [1.29, 1.82) is 0 Å². The lowest BCUT2D eigenvalue weighted by atomic mass is 10.1. The first-order chi connectivity index (χ1) is 12.0. The summed E-state index contributed by atoms with van der Waals surface area (Å²) in [5.74, 6) is -0.173. The predicted molar refractivity (Wildman–Crippen MR) is 102 cm³/mol. The Morgan fingerprint density at radius 2 is 1.48 bits per heavy atom. The average molecular weight is 339 g/mol. The van der Waals surface area contributed by atoms with Gasteiger partial charge in [-0.25, -0.2) is 0 Å². The molecule has 0 aliphatic carbocycles. The summed E-state index contributed by atoms with van der Waals surface area (Å²) in [6.45, 7) is 7.44. The number of nitrogens with one attached hydrogen (secondary N) is 2. The van der Waals surface area contributed by atoms with Crippen LogP contribution in [0.1, 0.15) is 25.0 Å². The minimum atomic E-state index is -0.119. The summed E-state index contributed by atoms with van der Waals surface area (Å²) in [5, 5.41) is 5.59. The zero-order chi connectivity index (χ0) is 18.2. The molecule has 0 aliphatic rings. The van der Waals surface area contributed by atoms with Crippen molar-refractivity contribution in [3.63, 3.8) is 0 Å². The second-order valence-electron chi connectivity index (χ2n) is 6.10. The summed E-state index contributed by atoms with van der Waals surface area (Å²) in [6.07, 6.45) is 0. The average Bonchev–Trinajstić information content (AvgIpc) is 2.57. The molecule has 2 N–H and O–H groups in total. The van der Waals surface area contributed by atoms with Gasteiger partial charge in [-0.05, 0) is 43.3 Å². The van der Waals surface area contributed by atoms with Crippen LogP contribution in [0.2, 0.25) is 0 Å². The van der Waals surface area contributed by atoms with Gasteiger partial charge in [0.2, 0.25) is 11.8 Å². The van der Waals surface area contributed by atoms with E-state index in [-0.39, 0.29) is 11.8 Å². The molecule has 5 heteroatoms. The molecule has 0 saturated heterocycles. The number of carbonyl (C=O) groups excluding carboxylic acids is 2. The molecule has 0 bridgehead atoms. The van der Waals surface area contributed by atoms with Crippen molar-refractivity contribution in [2.75, 3.05) is 23.7 Å². The van der Waals surface area contributed by atoms with Crippen LogP contribution in [0.5, 0.6) is 0 Å². The van der Waals surface area contributed by atoms with Crippen LogP contribution in [0, 0.1) is 6.92 Å². The van der Waals surface area contributed by atoms with Crippen LogP contribution in [0.4, 0.5) is 11.4 Å². The molecule has 0 unspecified atom stereocenters. The van der Waals surface area contributed by atoms with Crippen LogP contribution in [0.25, 0.3) is 0 Å². The molecule has 0 aromatic heterocycles. The van der Waals surface area contributed by atoms with Crippen LogP contribution >= 0.6 is 0 Å². The number of aryl methyl sites for hydroxylation is 1. The maximum Gasteiger partial charge on any atom is 0.238 e. The van der Waals surface area contributed by atoms with E-state index >= 15 is 0 Å². The number of hydrogen-bond donors (Lipinski definition) is 2. The van der Waals surface area contributed by atoms with E-state index in [9.17, 15) is 9.59 Å². The van der Waals surface area contributed by atoms with E-state index in [1.807, 2.05) is 6.92 Å². The molecule has 0 fully saturated rings. The van der Waals surface area contributed by atoms with Gasteiger partial charge in [-0.3, -0.25) is 14.5 Å². The Hall–Kier alpha value is -2.66. The molecule has 2 aromatic rings. The largest absolute Gasteiger partial charge is 0.326 e. The SMILES string of the molecule is CCN(CC(=O)Nc1ccc(NC(C)=O)cc1)Cc1ccc(C)cc1. The highest BCUT2D eigenvalue weighted by Gasteiger charge is 2.10. The second-order valence-corrected chi connectivity index (χ2v) is 6.10. The van der Waals surface area contributed by atoms with Gasteiger partial charge in [-0.2, -0.15) is 0 Å². The molecule has 2 rings (SSSR count). The summed E-state index contributed by atoms with van der Waals surface area (Å²) in [6, 6.07) is 15.4. The standard InChI is InChI=1S/C20H25N3O2/c1-4-23(13-17-7-5-15(2)6-8-17)14-20(25)22-19-11-9-18(10-12-19)21-16(3)24/h5-12H,4,13-14H2,1-3H3,(H,21,24)(H,22,25). The zero-order valence-corrected chi connectivity index (χ0v) is 15.0. The van der Waals surface area contributed by atoms with Crippen molar-refractivity contribution < 1.29 is 9.59 Å². The van der Waals surface area contributed by atoms with Crippen molar-refractivity contribution in [2.24, 2.45) is 0 Å². The van der Waals surface area contributed by atoms with Gasteiger partial charge < -0.3 is 10.6 Å². The summed E-state index contributed by atoms with van der Waals surface area (Å²) in [4.78, 5) is 25.4. The molecule has 0 heterocycles. The van der Waals surface area contributed by atoms with Crippen LogP contribution < -0.4 is 10.6 Å². The highest BCUT2D eigenvalue weighted by molar-refractivity contribution is 5.93. The number of rotatable bonds is 7. The van der Waals surface area contributed by atoms with E-state index in [1.54, 1.807) is 24.3 Å². The molecule has 0 radical (unpaired) electrons. The molecule has 132 valence electrons. The van der Waals surface area contributed by atoms with E-state index in [4.69, 9.17) is 0 Å². The third-order valence-electron chi connectivity index (χ3n) is 3.83. The molecule has 0 aliphatic heterocycles. The maximum atomic E-state index is 12.3. The third-order valence-corrected chi connectivity index (χ3v) is 3.83. The molecule has 25 heavy (non-hydrogen) atoms. The fraction of sp³-hybridized carbons (Fsp3) is 0.300. The van der Waals surface area contributed by atoms with Crippen molar-refractivity contribution in [3.8, 4) is 0 Å². The summed E-state index contributed by atoms with van der Waals surface area (Å²) < 4.78 is 0. The number of hydrogen-bond acceptors (Lipinski definition) is 3. The van der Waals surface area contributed by atoms with E-state index < -0.39 is 0 Å². The molecule has 0 spiro atoms. The van der Waals surface area contributed by atoms with Gasteiger partial charge in [0.15, 0.2) is 0 Å². The van der Waals surface area contributed by atoms with Gasteiger partial charge in [-0.1, -0.05) is 36.8 Å². The molecular formula is C20H25N3O2. The van der Waals surface area contributed by atoms with Crippen molar-refractivity contribution in [3.05, 3.63) is 59.7 Å². The Labute approximate surface area is 149 Å². The first kappa shape index (κ1) is 18.7.